The predicted octanol–water partition coefficient (Wildman–Crippen LogP) is 2.62. The summed E-state index contributed by atoms with van der Waals surface area (Å²) in [5, 5.41) is 7.43. The lowest BCUT2D eigenvalue weighted by molar-refractivity contribution is -0.145. The first-order valence-electron chi connectivity index (χ1n) is 9.72. The predicted molar refractivity (Wildman–Crippen MR) is 103 cm³/mol. The van der Waals surface area contributed by atoms with Gasteiger partial charge in [0.15, 0.2) is 11.5 Å². The molecule has 0 unspecified atom stereocenters. The fourth-order valence-electron chi connectivity index (χ4n) is 3.67. The van der Waals surface area contributed by atoms with Gasteiger partial charge in [-0.05, 0) is 34.1 Å². The molecule has 9 nitrogen and oxygen atoms in total. The second-order valence-corrected chi connectivity index (χ2v) is 9.52. The number of alkyl halides is 3. The van der Waals surface area contributed by atoms with Gasteiger partial charge in [-0.2, -0.15) is 22.6 Å². The molecule has 2 aromatic rings. The van der Waals surface area contributed by atoms with E-state index in [1.54, 1.807) is 13.8 Å². The van der Waals surface area contributed by atoms with Crippen LogP contribution in [0.1, 0.15) is 53.8 Å². The van der Waals surface area contributed by atoms with E-state index >= 15 is 0 Å². The summed E-state index contributed by atoms with van der Waals surface area (Å²) in [6.07, 6.45) is -3.56. The van der Waals surface area contributed by atoms with E-state index in [9.17, 15) is 26.4 Å². The fraction of sp³-hybridized carbons (Fsp3) is 0.611. The molecule has 2 aromatic heterocycles. The molecule has 0 atom stereocenters. The molecule has 0 spiro atoms. The van der Waals surface area contributed by atoms with Crippen LogP contribution in [0.15, 0.2) is 15.6 Å². The summed E-state index contributed by atoms with van der Waals surface area (Å²) >= 11 is 0. The first-order chi connectivity index (χ1) is 14.4. The lowest BCUT2D eigenvalue weighted by atomic mass is 10.2. The van der Waals surface area contributed by atoms with Crippen molar-refractivity contribution in [2.24, 2.45) is 0 Å². The van der Waals surface area contributed by atoms with E-state index in [1.165, 1.54) is 23.1 Å². The number of hydrogen-bond donors (Lipinski definition) is 0. The van der Waals surface area contributed by atoms with Gasteiger partial charge in [0.05, 0.1) is 11.8 Å². The van der Waals surface area contributed by atoms with E-state index in [1.807, 2.05) is 0 Å². The summed E-state index contributed by atoms with van der Waals surface area (Å²) in [6, 6.07) is -0.585. The largest absolute Gasteiger partial charge is 0.433 e. The molecular formula is C18H24F3N5O4S. The Kier molecular flexibility index (Phi) is 6.20. The van der Waals surface area contributed by atoms with Gasteiger partial charge in [0.25, 0.3) is 5.91 Å². The Bertz CT molecular complexity index is 1060. The molecule has 0 aromatic carbocycles. The monoisotopic (exact) mass is 463 g/mol. The van der Waals surface area contributed by atoms with E-state index in [0.29, 0.717) is 0 Å². The first-order valence-corrected chi connectivity index (χ1v) is 11.2. The van der Waals surface area contributed by atoms with Crippen LogP contribution in [0.4, 0.5) is 13.2 Å². The fourth-order valence-corrected chi connectivity index (χ4v) is 5.43. The third kappa shape index (κ3) is 4.33. The maximum absolute atomic E-state index is 13.6. The molecule has 1 aliphatic heterocycles. The third-order valence-corrected chi connectivity index (χ3v) is 7.24. The molecule has 1 amide bonds. The van der Waals surface area contributed by atoms with Gasteiger partial charge in [-0.1, -0.05) is 5.16 Å². The molecule has 31 heavy (non-hydrogen) atoms. The number of aromatic nitrogens is 3. The lowest BCUT2D eigenvalue weighted by Gasteiger charge is -2.22. The zero-order valence-electron chi connectivity index (χ0n) is 17.6. The SMILES string of the molecule is Cc1noc(C)c1S(=O)(=O)N1CCCN(C(=O)c2cnn(C(C)C)c2C(F)(F)F)CC1. The summed E-state index contributed by atoms with van der Waals surface area (Å²) in [5.74, 6) is -0.665. The van der Waals surface area contributed by atoms with Gasteiger partial charge in [-0.15, -0.1) is 0 Å². The molecule has 0 bridgehead atoms. The van der Waals surface area contributed by atoms with Crippen LogP contribution < -0.4 is 0 Å². The number of aryl methyl sites for hydroxylation is 2. The van der Waals surface area contributed by atoms with Gasteiger partial charge < -0.3 is 9.42 Å². The quantitative estimate of drug-likeness (QED) is 0.691. The molecule has 1 fully saturated rings. The van der Waals surface area contributed by atoms with E-state index in [0.717, 1.165) is 10.9 Å². The van der Waals surface area contributed by atoms with Crippen LogP contribution >= 0.6 is 0 Å². The minimum Gasteiger partial charge on any atom is -0.360 e. The number of carbonyl (C=O) groups is 1. The molecule has 3 rings (SSSR count). The average molecular weight is 463 g/mol. The van der Waals surface area contributed by atoms with Gasteiger partial charge in [0.1, 0.15) is 10.6 Å². The minimum atomic E-state index is -4.75. The van der Waals surface area contributed by atoms with Gasteiger partial charge in [0, 0.05) is 32.2 Å². The van der Waals surface area contributed by atoms with Gasteiger partial charge >= 0.3 is 6.18 Å². The number of nitrogens with zero attached hydrogens (tertiary/aromatic N) is 5. The zero-order valence-corrected chi connectivity index (χ0v) is 18.4. The van der Waals surface area contributed by atoms with Crippen LogP contribution in [0, 0.1) is 13.8 Å². The summed E-state index contributed by atoms with van der Waals surface area (Å²) in [4.78, 5) is 14.1. The summed E-state index contributed by atoms with van der Waals surface area (Å²) in [5.41, 5.74) is -1.41. The van der Waals surface area contributed by atoms with Crippen molar-refractivity contribution in [2.45, 2.75) is 51.2 Å². The van der Waals surface area contributed by atoms with Gasteiger partial charge in [-0.25, -0.2) is 8.42 Å². The van der Waals surface area contributed by atoms with Crippen LogP contribution in [0.2, 0.25) is 0 Å². The molecule has 1 saturated heterocycles. The Morgan fingerprint density at radius 1 is 1.16 bits per heavy atom. The number of sulfonamides is 1. The van der Waals surface area contributed by atoms with Crippen molar-refractivity contribution in [3.8, 4) is 0 Å². The molecule has 13 heteroatoms. The van der Waals surface area contributed by atoms with Crippen molar-refractivity contribution in [1.82, 2.24) is 24.1 Å². The van der Waals surface area contributed by atoms with Crippen LogP contribution in [-0.2, 0) is 16.2 Å². The molecule has 3 heterocycles. The Labute approximate surface area is 177 Å². The van der Waals surface area contributed by atoms with Crippen molar-refractivity contribution in [2.75, 3.05) is 26.2 Å². The summed E-state index contributed by atoms with van der Waals surface area (Å²) in [6.45, 7) is 6.22. The van der Waals surface area contributed by atoms with E-state index in [2.05, 4.69) is 10.3 Å². The highest BCUT2D eigenvalue weighted by atomic mass is 32.2. The van der Waals surface area contributed by atoms with Crippen LogP contribution in [0.3, 0.4) is 0 Å². The third-order valence-electron chi connectivity index (χ3n) is 5.09. The zero-order chi connectivity index (χ0) is 23.1. The van der Waals surface area contributed by atoms with Crippen LogP contribution in [-0.4, -0.2) is 64.6 Å². The number of amides is 1. The number of rotatable bonds is 4. The molecule has 1 aliphatic rings. The van der Waals surface area contributed by atoms with Crippen molar-refractivity contribution in [3.05, 3.63) is 28.9 Å². The smallest absolute Gasteiger partial charge is 0.360 e. The topological polar surface area (TPSA) is 102 Å². The normalized spacial score (nSPS) is 16.7. The van der Waals surface area contributed by atoms with E-state index in [-0.39, 0.29) is 48.9 Å². The second kappa shape index (κ2) is 8.26. The number of carbonyl (C=O) groups excluding carboxylic acids is 1. The standard InChI is InChI=1S/C18H24F3N5O4S/c1-11(2)26-16(18(19,20)21)14(10-22-26)17(27)24-6-5-7-25(9-8-24)31(28,29)15-12(3)23-30-13(15)4/h10-11H,5-9H2,1-4H3. The summed E-state index contributed by atoms with van der Waals surface area (Å²) < 4.78 is 73.8. The van der Waals surface area contributed by atoms with Gasteiger partial charge in [-0.3, -0.25) is 9.48 Å². The minimum absolute atomic E-state index is 0.0233. The first kappa shape index (κ1) is 23.3. The van der Waals surface area contributed by atoms with Crippen molar-refractivity contribution in [1.29, 1.82) is 0 Å². The Balaban J connectivity index is 1.85. The molecular weight excluding hydrogens is 439 g/mol. The molecule has 0 aliphatic carbocycles. The number of hydrogen-bond acceptors (Lipinski definition) is 6. The highest BCUT2D eigenvalue weighted by molar-refractivity contribution is 7.89. The number of halogens is 3. The Morgan fingerprint density at radius 2 is 1.84 bits per heavy atom. The van der Waals surface area contributed by atoms with Crippen LogP contribution in [0.25, 0.3) is 0 Å². The van der Waals surface area contributed by atoms with Crippen molar-refractivity contribution < 1.29 is 30.9 Å². The Morgan fingerprint density at radius 3 is 2.39 bits per heavy atom. The highest BCUT2D eigenvalue weighted by Gasteiger charge is 2.42. The van der Waals surface area contributed by atoms with Gasteiger partial charge in [0.2, 0.25) is 10.0 Å². The molecule has 172 valence electrons. The second-order valence-electron chi connectivity index (χ2n) is 7.65. The Hall–Kier alpha value is -2.41. The average Bonchev–Trinajstić information content (AvgIpc) is 3.16. The summed E-state index contributed by atoms with van der Waals surface area (Å²) in [7, 11) is -3.91. The van der Waals surface area contributed by atoms with Crippen molar-refractivity contribution >= 4 is 15.9 Å². The molecule has 0 saturated carbocycles. The van der Waals surface area contributed by atoms with Crippen LogP contribution in [0.5, 0.6) is 0 Å². The molecule has 0 N–H and O–H groups in total. The van der Waals surface area contributed by atoms with E-state index in [4.69, 9.17) is 4.52 Å². The molecule has 0 radical (unpaired) electrons. The maximum atomic E-state index is 13.6. The highest BCUT2D eigenvalue weighted by Crippen LogP contribution is 2.34. The lowest BCUT2D eigenvalue weighted by Crippen LogP contribution is -2.38. The maximum Gasteiger partial charge on any atom is 0.433 e. The van der Waals surface area contributed by atoms with E-state index < -0.39 is 39.4 Å². The van der Waals surface area contributed by atoms with Crippen molar-refractivity contribution in [3.63, 3.8) is 0 Å².